The minimum Gasteiger partial charge on any atom is -0.326 e. The fourth-order valence-corrected chi connectivity index (χ4v) is 2.21. The van der Waals surface area contributed by atoms with Gasteiger partial charge in [-0.3, -0.25) is 14.2 Å². The van der Waals surface area contributed by atoms with Gasteiger partial charge in [0.25, 0.3) is 12.0 Å². The number of fused-ring (bicyclic) bond motifs is 1. The number of aromatic amines is 1. The minimum atomic E-state index is -4.03. The van der Waals surface area contributed by atoms with Gasteiger partial charge in [-0.2, -0.15) is 13.2 Å². The van der Waals surface area contributed by atoms with E-state index in [9.17, 15) is 31.1 Å². The molecule has 0 atom stereocenters. The molecular weight excluding hydrogens is 400 g/mol. The third-order valence-electron chi connectivity index (χ3n) is 2.98. The predicted octanol–water partition coefficient (Wildman–Crippen LogP) is 3.82. The Labute approximate surface area is 151 Å². The lowest BCUT2D eigenvalue weighted by Gasteiger charge is -2.03. The van der Waals surface area contributed by atoms with Crippen LogP contribution in [0.1, 0.15) is 19.2 Å². The number of H-pyrrole nitrogens is 1. The van der Waals surface area contributed by atoms with E-state index in [2.05, 4.69) is 20.2 Å². The van der Waals surface area contributed by atoms with Gasteiger partial charge in [-0.1, -0.05) is 18.7 Å². The van der Waals surface area contributed by atoms with Gasteiger partial charge in [0.15, 0.2) is 11.5 Å². The second-order valence-electron chi connectivity index (χ2n) is 4.80. The van der Waals surface area contributed by atoms with Crippen molar-refractivity contribution >= 4 is 17.4 Å². The zero-order valence-electron chi connectivity index (χ0n) is 13.5. The molecule has 0 saturated carbocycles. The van der Waals surface area contributed by atoms with Crippen LogP contribution < -0.4 is 5.56 Å². The highest BCUT2D eigenvalue weighted by Gasteiger charge is 2.26. The first-order chi connectivity index (χ1) is 12.6. The van der Waals surface area contributed by atoms with Crippen molar-refractivity contribution in [1.82, 2.24) is 24.6 Å². The molecule has 3 rings (SSSR count). The second kappa shape index (κ2) is 8.41. The fraction of sp³-hybridized carbons (Fsp3) is 0.286. The smallest absolute Gasteiger partial charge is 0.326 e. The topological polar surface area (TPSA) is 75.9 Å². The molecule has 0 aliphatic carbocycles. The number of hydrogen-bond acceptors (Lipinski definition) is 5. The van der Waals surface area contributed by atoms with E-state index in [-0.39, 0.29) is 34.4 Å². The molecule has 1 N–H and O–H groups in total. The van der Waals surface area contributed by atoms with Crippen LogP contribution in [0.2, 0.25) is 0 Å². The monoisotopic (exact) mass is 411 g/mol. The molecule has 0 bridgehead atoms. The summed E-state index contributed by atoms with van der Waals surface area (Å²) in [7, 11) is 0. The third kappa shape index (κ3) is 5.45. The Morgan fingerprint density at radius 2 is 2.00 bits per heavy atom. The zero-order chi connectivity index (χ0) is 20.2. The van der Waals surface area contributed by atoms with Crippen molar-refractivity contribution in [3.63, 3.8) is 0 Å². The molecule has 3 heterocycles. The molecule has 3 aromatic rings. The van der Waals surface area contributed by atoms with Crippen molar-refractivity contribution in [2.45, 2.75) is 18.9 Å². The first-order valence-electron chi connectivity index (χ1n) is 7.20. The van der Waals surface area contributed by atoms with Crippen LogP contribution in [0.15, 0.2) is 29.5 Å². The van der Waals surface area contributed by atoms with Crippen LogP contribution in [0.3, 0.4) is 0 Å². The Morgan fingerprint density at radius 1 is 1.30 bits per heavy atom. The molecule has 27 heavy (non-hydrogen) atoms. The number of thioether (sulfide) groups is 1. The molecule has 13 heteroatoms. The number of halogens is 6. The summed E-state index contributed by atoms with van der Waals surface area (Å²) in [6, 6.07) is 0.972. The lowest BCUT2D eigenvalue weighted by molar-refractivity contribution is -0.0327. The molecule has 0 aliphatic heterocycles. The molecule has 0 spiro atoms. The van der Waals surface area contributed by atoms with Crippen LogP contribution >= 0.6 is 11.8 Å². The fourth-order valence-electron chi connectivity index (χ4n) is 1.88. The molecular formula is C14H11F6N5OS. The first kappa shape index (κ1) is 20.7. The van der Waals surface area contributed by atoms with Crippen LogP contribution in [0.5, 0.6) is 0 Å². The van der Waals surface area contributed by atoms with Crippen LogP contribution in [0.4, 0.5) is 26.3 Å². The van der Waals surface area contributed by atoms with Gasteiger partial charge in [-0.25, -0.2) is 13.2 Å². The number of hydrogen-bond donors (Lipinski definition) is 1. The largest absolute Gasteiger partial charge is 0.441 e. The first-order valence-corrected chi connectivity index (χ1v) is 8.19. The van der Waals surface area contributed by atoms with E-state index < -0.39 is 29.1 Å². The Bertz CT molecular complexity index is 971. The molecule has 0 saturated heterocycles. The number of aromatic nitrogens is 5. The van der Waals surface area contributed by atoms with Gasteiger partial charge >= 0.3 is 5.51 Å². The summed E-state index contributed by atoms with van der Waals surface area (Å²) in [5.74, 6) is -1.42. The van der Waals surface area contributed by atoms with Crippen LogP contribution in [-0.2, 0) is 0 Å². The number of nitrogens with one attached hydrogen (secondary N) is 1. The molecule has 0 unspecified atom stereocenters. The minimum absolute atomic E-state index is 0.0116. The van der Waals surface area contributed by atoms with Crippen molar-refractivity contribution in [3.05, 3.63) is 46.7 Å². The number of rotatable bonds is 3. The lowest BCUT2D eigenvalue weighted by atomic mass is 10.2. The molecule has 0 aromatic carbocycles. The highest BCUT2D eigenvalue weighted by molar-refractivity contribution is 8.00. The molecule has 0 aliphatic rings. The van der Waals surface area contributed by atoms with Gasteiger partial charge in [-0.15, -0.1) is 10.2 Å². The number of alkyl halides is 5. The summed E-state index contributed by atoms with van der Waals surface area (Å²) in [5, 5.41) is 6.90. The van der Waals surface area contributed by atoms with Crippen molar-refractivity contribution in [2.24, 2.45) is 0 Å². The van der Waals surface area contributed by atoms with Crippen LogP contribution in [0.25, 0.3) is 16.9 Å². The van der Waals surface area contributed by atoms with Crippen LogP contribution in [-0.4, -0.2) is 35.8 Å². The predicted molar refractivity (Wildman–Crippen MR) is 85.9 cm³/mol. The summed E-state index contributed by atoms with van der Waals surface area (Å²) in [4.78, 5) is 17.1. The molecule has 0 amide bonds. The summed E-state index contributed by atoms with van der Waals surface area (Å²) < 4.78 is 72.8. The highest BCUT2D eigenvalue weighted by Crippen LogP contribution is 2.29. The summed E-state index contributed by atoms with van der Waals surface area (Å²) in [6.07, 6.45) is 0.931. The maximum Gasteiger partial charge on any atom is 0.441 e. The average molecular weight is 411 g/mol. The van der Waals surface area contributed by atoms with Crippen molar-refractivity contribution in [1.29, 1.82) is 0 Å². The van der Waals surface area contributed by atoms with Gasteiger partial charge in [0, 0.05) is 18.0 Å². The van der Waals surface area contributed by atoms with E-state index in [4.69, 9.17) is 0 Å². The lowest BCUT2D eigenvalue weighted by Crippen LogP contribution is -2.09. The summed E-state index contributed by atoms with van der Waals surface area (Å²) in [6.45, 7) is 1.47. The van der Waals surface area contributed by atoms with E-state index >= 15 is 0 Å². The van der Waals surface area contributed by atoms with Gasteiger partial charge < -0.3 is 4.98 Å². The van der Waals surface area contributed by atoms with E-state index in [1.54, 1.807) is 0 Å². The normalized spacial score (nSPS) is 11.6. The average Bonchev–Trinajstić information content (AvgIpc) is 3.00. The Kier molecular flexibility index (Phi) is 6.46. The zero-order valence-corrected chi connectivity index (χ0v) is 14.3. The van der Waals surface area contributed by atoms with E-state index in [1.165, 1.54) is 25.5 Å². The van der Waals surface area contributed by atoms with E-state index in [0.29, 0.717) is 0 Å². The van der Waals surface area contributed by atoms with Crippen molar-refractivity contribution in [2.75, 3.05) is 5.75 Å². The quantitative estimate of drug-likeness (QED) is 0.664. The van der Waals surface area contributed by atoms with Crippen LogP contribution in [0, 0.1) is 5.82 Å². The molecule has 146 valence electrons. The Morgan fingerprint density at radius 3 is 2.52 bits per heavy atom. The Hall–Kier alpha value is -2.57. The second-order valence-corrected chi connectivity index (χ2v) is 6.13. The molecule has 0 radical (unpaired) electrons. The van der Waals surface area contributed by atoms with Gasteiger partial charge in [0.2, 0.25) is 5.82 Å². The number of pyridine rings is 1. The van der Waals surface area contributed by atoms with E-state index in [1.807, 2.05) is 0 Å². The highest BCUT2D eigenvalue weighted by atomic mass is 32.2. The maximum atomic E-state index is 13.2. The van der Waals surface area contributed by atoms with E-state index in [0.717, 1.165) is 10.5 Å². The maximum absolute atomic E-state index is 13.2. The van der Waals surface area contributed by atoms with Crippen molar-refractivity contribution in [3.8, 4) is 11.3 Å². The van der Waals surface area contributed by atoms with Crippen molar-refractivity contribution < 1.29 is 26.3 Å². The van der Waals surface area contributed by atoms with Gasteiger partial charge in [-0.05, 0) is 11.8 Å². The Balaban J connectivity index is 0.000000321. The summed E-state index contributed by atoms with van der Waals surface area (Å²) >= 11 is -0.0116. The number of nitrogens with zero attached hydrogens (tertiary/aromatic N) is 4. The SMILES string of the molecule is CCSC(F)(F)F.O=c1[nH]cc(-c2cn3c(C(F)F)nnc3cn2)cc1F. The standard InChI is InChI=1S/C11H6F3N5O.C3H5F3S/c12-6-1-5(2-16-11(6)20)7-4-19-8(3-15-7)17-18-10(19)9(13)14;1-2-7-3(4,5)6/h1-4,9H,(H,16,20);2H2,1H3. The van der Waals surface area contributed by atoms with Gasteiger partial charge in [0.1, 0.15) is 0 Å². The summed E-state index contributed by atoms with van der Waals surface area (Å²) in [5.41, 5.74) is -4.30. The molecule has 6 nitrogen and oxygen atoms in total. The molecule has 0 fully saturated rings. The third-order valence-corrected chi connectivity index (χ3v) is 3.59. The van der Waals surface area contributed by atoms with Gasteiger partial charge in [0.05, 0.1) is 11.9 Å². The molecule has 3 aromatic heterocycles.